The van der Waals surface area contributed by atoms with Crippen molar-refractivity contribution in [2.75, 3.05) is 12.3 Å². The number of carbonyl (C=O) groups is 1. The Morgan fingerprint density at radius 2 is 2.05 bits per heavy atom. The molecule has 1 heterocycles. The maximum absolute atomic E-state index is 11.7. The zero-order valence-electron chi connectivity index (χ0n) is 11.0. The lowest BCUT2D eigenvalue weighted by atomic mass is 10.1. The van der Waals surface area contributed by atoms with Crippen molar-refractivity contribution in [3.8, 4) is 0 Å². The van der Waals surface area contributed by atoms with Crippen LogP contribution in [-0.4, -0.2) is 18.2 Å². The minimum atomic E-state index is 0.0333. The predicted molar refractivity (Wildman–Crippen MR) is 83.0 cm³/mol. The first-order valence-electron chi connectivity index (χ1n) is 6.35. The number of carbonyl (C=O) groups excluding carboxylic acids is 1. The minimum Gasteiger partial charge on any atom is -0.468 e. The molecule has 0 aliphatic heterocycles. The lowest BCUT2D eigenvalue weighted by molar-refractivity contribution is -0.120. The first-order valence-corrected chi connectivity index (χ1v) is 7.88. The van der Waals surface area contributed by atoms with Crippen LogP contribution in [0.15, 0.2) is 47.1 Å². The van der Waals surface area contributed by atoms with Crippen LogP contribution in [0.5, 0.6) is 0 Å². The van der Waals surface area contributed by atoms with E-state index in [2.05, 4.69) is 5.32 Å². The summed E-state index contributed by atoms with van der Waals surface area (Å²) in [4.78, 5) is 11.7. The summed E-state index contributed by atoms with van der Waals surface area (Å²) in [6.07, 6.45) is 2.06. The summed E-state index contributed by atoms with van der Waals surface area (Å²) in [5.41, 5.74) is 0.968. The molecule has 106 valence electrons. The molecule has 0 radical (unpaired) electrons. The highest BCUT2D eigenvalue weighted by Crippen LogP contribution is 2.12. The van der Waals surface area contributed by atoms with Crippen LogP contribution >= 0.6 is 23.4 Å². The Morgan fingerprint density at radius 1 is 1.25 bits per heavy atom. The summed E-state index contributed by atoms with van der Waals surface area (Å²) in [5, 5.41) is 3.59. The van der Waals surface area contributed by atoms with Crippen molar-refractivity contribution in [2.45, 2.75) is 12.2 Å². The number of halogens is 1. The quantitative estimate of drug-likeness (QED) is 0.796. The van der Waals surface area contributed by atoms with Crippen molar-refractivity contribution in [2.24, 2.45) is 0 Å². The third-order valence-electron chi connectivity index (χ3n) is 2.67. The van der Waals surface area contributed by atoms with Crippen molar-refractivity contribution in [1.29, 1.82) is 0 Å². The molecule has 1 aromatic carbocycles. The van der Waals surface area contributed by atoms with E-state index >= 15 is 0 Å². The van der Waals surface area contributed by atoms with Gasteiger partial charge >= 0.3 is 0 Å². The first-order chi connectivity index (χ1) is 9.74. The van der Waals surface area contributed by atoms with Crippen molar-refractivity contribution in [3.63, 3.8) is 0 Å². The van der Waals surface area contributed by atoms with Crippen LogP contribution in [0.25, 0.3) is 0 Å². The zero-order valence-corrected chi connectivity index (χ0v) is 12.5. The van der Waals surface area contributed by atoms with E-state index in [1.165, 1.54) is 0 Å². The second kappa shape index (κ2) is 8.02. The lowest BCUT2D eigenvalue weighted by Crippen LogP contribution is -2.27. The molecular formula is C15H16ClNO2S. The monoisotopic (exact) mass is 309 g/mol. The maximum Gasteiger partial charge on any atom is 0.224 e. The third kappa shape index (κ3) is 5.31. The number of hydrogen-bond donors (Lipinski definition) is 1. The highest BCUT2D eigenvalue weighted by molar-refractivity contribution is 7.98. The summed E-state index contributed by atoms with van der Waals surface area (Å²) in [6, 6.07) is 11.2. The summed E-state index contributed by atoms with van der Waals surface area (Å²) in [6.45, 7) is 0.664. The molecule has 2 rings (SSSR count). The second-order valence-corrected chi connectivity index (χ2v) is 5.83. The van der Waals surface area contributed by atoms with Crippen LogP contribution in [0, 0.1) is 0 Å². The van der Waals surface area contributed by atoms with E-state index in [4.69, 9.17) is 16.0 Å². The van der Waals surface area contributed by atoms with E-state index in [0.717, 1.165) is 22.8 Å². The Morgan fingerprint density at radius 3 is 2.75 bits per heavy atom. The number of nitrogens with one attached hydrogen (secondary N) is 1. The molecule has 0 fully saturated rings. The Bertz CT molecular complexity index is 525. The largest absolute Gasteiger partial charge is 0.468 e. The molecule has 0 saturated heterocycles. The second-order valence-electron chi connectivity index (χ2n) is 4.29. The van der Waals surface area contributed by atoms with Crippen LogP contribution in [0.3, 0.4) is 0 Å². The van der Waals surface area contributed by atoms with E-state index in [-0.39, 0.29) is 5.91 Å². The van der Waals surface area contributed by atoms with Crippen molar-refractivity contribution < 1.29 is 9.21 Å². The van der Waals surface area contributed by atoms with Gasteiger partial charge in [0.1, 0.15) is 5.76 Å². The highest BCUT2D eigenvalue weighted by atomic mass is 35.5. The number of thioether (sulfide) groups is 1. The molecule has 5 heteroatoms. The SMILES string of the molecule is O=C(Cc1ccc(Cl)cc1)NCCSCc1ccco1. The zero-order chi connectivity index (χ0) is 14.2. The van der Waals surface area contributed by atoms with Crippen molar-refractivity contribution >= 4 is 29.3 Å². The normalized spacial score (nSPS) is 10.4. The molecular weight excluding hydrogens is 294 g/mol. The van der Waals surface area contributed by atoms with Gasteiger partial charge in [0.05, 0.1) is 18.4 Å². The lowest BCUT2D eigenvalue weighted by Gasteiger charge is -2.05. The molecule has 0 saturated carbocycles. The summed E-state index contributed by atoms with van der Waals surface area (Å²) >= 11 is 7.53. The minimum absolute atomic E-state index is 0.0333. The molecule has 3 nitrogen and oxygen atoms in total. The maximum atomic E-state index is 11.7. The van der Waals surface area contributed by atoms with E-state index in [1.54, 1.807) is 30.2 Å². The third-order valence-corrected chi connectivity index (χ3v) is 3.90. The van der Waals surface area contributed by atoms with Gasteiger partial charge in [0.2, 0.25) is 5.91 Å². The molecule has 2 aromatic rings. The Labute approximate surface area is 127 Å². The topological polar surface area (TPSA) is 42.2 Å². The summed E-state index contributed by atoms with van der Waals surface area (Å²) in [7, 11) is 0. The van der Waals surface area contributed by atoms with Gasteiger partial charge in [-0.2, -0.15) is 11.8 Å². The average Bonchev–Trinajstić information content (AvgIpc) is 2.94. The Balaban J connectivity index is 1.59. The first kappa shape index (κ1) is 15.0. The molecule has 0 bridgehead atoms. The fraction of sp³-hybridized carbons (Fsp3) is 0.267. The van der Waals surface area contributed by atoms with Gasteiger partial charge in [-0.3, -0.25) is 4.79 Å². The van der Waals surface area contributed by atoms with Crippen molar-refractivity contribution in [3.05, 3.63) is 59.0 Å². The molecule has 1 aromatic heterocycles. The molecule has 0 unspecified atom stereocenters. The number of benzene rings is 1. The number of rotatable bonds is 7. The van der Waals surface area contributed by atoms with Gasteiger partial charge in [-0.25, -0.2) is 0 Å². The molecule has 0 spiro atoms. The van der Waals surface area contributed by atoms with E-state index in [1.807, 2.05) is 24.3 Å². The predicted octanol–water partition coefficient (Wildman–Crippen LogP) is 3.53. The standard InChI is InChI=1S/C15H16ClNO2S/c16-13-5-3-12(4-6-13)10-15(18)17-7-9-20-11-14-2-1-8-19-14/h1-6,8H,7,9-11H2,(H,17,18). The van der Waals surface area contributed by atoms with Gasteiger partial charge in [0.25, 0.3) is 0 Å². The van der Waals surface area contributed by atoms with E-state index in [9.17, 15) is 4.79 Å². The van der Waals surface area contributed by atoms with Crippen LogP contribution in [-0.2, 0) is 17.0 Å². The molecule has 1 amide bonds. The van der Waals surface area contributed by atoms with Gasteiger partial charge in [-0.05, 0) is 29.8 Å². The number of amides is 1. The Kier molecular flexibility index (Phi) is 6.02. The van der Waals surface area contributed by atoms with Crippen molar-refractivity contribution in [1.82, 2.24) is 5.32 Å². The van der Waals surface area contributed by atoms with Crippen LogP contribution < -0.4 is 5.32 Å². The van der Waals surface area contributed by atoms with Crippen LogP contribution in [0.4, 0.5) is 0 Å². The van der Waals surface area contributed by atoms with E-state index in [0.29, 0.717) is 18.0 Å². The van der Waals surface area contributed by atoms with Gasteiger partial charge in [-0.15, -0.1) is 0 Å². The van der Waals surface area contributed by atoms with Gasteiger partial charge in [0.15, 0.2) is 0 Å². The Hall–Kier alpha value is -1.39. The number of furan rings is 1. The molecule has 0 aliphatic rings. The van der Waals surface area contributed by atoms with Gasteiger partial charge in [-0.1, -0.05) is 23.7 Å². The van der Waals surface area contributed by atoms with Gasteiger partial charge < -0.3 is 9.73 Å². The number of hydrogen-bond acceptors (Lipinski definition) is 3. The summed E-state index contributed by atoms with van der Waals surface area (Å²) in [5.74, 6) is 2.70. The van der Waals surface area contributed by atoms with Gasteiger partial charge in [0, 0.05) is 17.3 Å². The van der Waals surface area contributed by atoms with Crippen LogP contribution in [0.2, 0.25) is 5.02 Å². The summed E-state index contributed by atoms with van der Waals surface area (Å²) < 4.78 is 5.23. The van der Waals surface area contributed by atoms with E-state index < -0.39 is 0 Å². The molecule has 20 heavy (non-hydrogen) atoms. The smallest absolute Gasteiger partial charge is 0.224 e. The molecule has 0 atom stereocenters. The van der Waals surface area contributed by atoms with Crippen LogP contribution in [0.1, 0.15) is 11.3 Å². The highest BCUT2D eigenvalue weighted by Gasteiger charge is 2.03. The average molecular weight is 310 g/mol. The fourth-order valence-electron chi connectivity index (χ4n) is 1.68. The molecule has 1 N–H and O–H groups in total. The molecule has 0 aliphatic carbocycles. The fourth-order valence-corrected chi connectivity index (χ4v) is 2.56.